The molecule has 1 aromatic carbocycles. The third-order valence-electron chi connectivity index (χ3n) is 6.75. The van der Waals surface area contributed by atoms with Gasteiger partial charge in [-0.2, -0.15) is 0 Å². The second kappa shape index (κ2) is 4.59. The number of aromatic carboxylic acids is 1. The highest BCUT2D eigenvalue weighted by atomic mass is 16.4. The lowest BCUT2D eigenvalue weighted by Gasteiger charge is -2.49. The van der Waals surface area contributed by atoms with E-state index in [2.05, 4.69) is 13.0 Å². The maximum absolute atomic E-state index is 11.2. The molecule has 4 rings (SSSR count). The Labute approximate surface area is 126 Å². The molecule has 1 N–H and O–H groups in total. The molecule has 0 bridgehead atoms. The minimum atomic E-state index is -0.799. The minimum absolute atomic E-state index is 0.453. The Bertz CT molecular complexity index is 591. The van der Waals surface area contributed by atoms with Gasteiger partial charge in [-0.05, 0) is 85.0 Å². The van der Waals surface area contributed by atoms with E-state index < -0.39 is 5.97 Å². The Hall–Kier alpha value is -1.31. The molecular formula is C19H24O2. The van der Waals surface area contributed by atoms with E-state index in [0.717, 1.165) is 18.3 Å². The molecule has 3 aliphatic rings. The number of aryl methyl sites for hydroxylation is 1. The summed E-state index contributed by atoms with van der Waals surface area (Å²) in [5, 5.41) is 9.18. The fraction of sp³-hybridized carbons (Fsp3) is 0.632. The Balaban J connectivity index is 1.69. The zero-order valence-electron chi connectivity index (χ0n) is 12.8. The number of hydrogen-bond acceptors (Lipinski definition) is 1. The van der Waals surface area contributed by atoms with Crippen LogP contribution in [0.5, 0.6) is 0 Å². The lowest BCUT2D eigenvalue weighted by Crippen LogP contribution is -2.39. The largest absolute Gasteiger partial charge is 0.478 e. The van der Waals surface area contributed by atoms with Gasteiger partial charge in [0.05, 0.1) is 5.56 Å². The molecule has 2 heteroatoms. The molecule has 0 saturated heterocycles. The summed E-state index contributed by atoms with van der Waals surface area (Å²) >= 11 is 0. The van der Waals surface area contributed by atoms with E-state index in [4.69, 9.17) is 0 Å². The molecule has 21 heavy (non-hydrogen) atoms. The molecule has 0 amide bonds. The first-order valence-electron chi connectivity index (χ1n) is 8.45. The normalized spacial score (nSPS) is 37.5. The quantitative estimate of drug-likeness (QED) is 0.816. The van der Waals surface area contributed by atoms with Crippen LogP contribution in [-0.4, -0.2) is 11.1 Å². The molecule has 0 aliphatic heterocycles. The summed E-state index contributed by atoms with van der Waals surface area (Å²) in [5.41, 5.74) is 3.82. The van der Waals surface area contributed by atoms with Crippen molar-refractivity contribution in [3.05, 3.63) is 34.9 Å². The van der Waals surface area contributed by atoms with Crippen LogP contribution in [-0.2, 0) is 6.42 Å². The lowest BCUT2D eigenvalue weighted by atomic mass is 9.56. The van der Waals surface area contributed by atoms with Crippen molar-refractivity contribution < 1.29 is 9.90 Å². The Morgan fingerprint density at radius 1 is 1.24 bits per heavy atom. The van der Waals surface area contributed by atoms with Crippen molar-refractivity contribution in [1.29, 1.82) is 0 Å². The predicted molar refractivity (Wildman–Crippen MR) is 82.6 cm³/mol. The molecule has 0 radical (unpaired) electrons. The number of carboxylic acid groups (broad SMARTS) is 1. The zero-order chi connectivity index (χ0) is 14.6. The highest BCUT2D eigenvalue weighted by Crippen LogP contribution is 2.60. The summed E-state index contributed by atoms with van der Waals surface area (Å²) in [6.45, 7) is 2.52. The van der Waals surface area contributed by atoms with Gasteiger partial charge in [0, 0.05) is 0 Å². The van der Waals surface area contributed by atoms with Crippen molar-refractivity contribution in [2.75, 3.05) is 0 Å². The summed E-state index contributed by atoms with van der Waals surface area (Å²) in [6.07, 6.45) is 9.25. The SMILES string of the molecule is C[C@@]12CCC[C@H]1[C@@H]1CCc3cc(C(=O)O)ccc3[C@H]1CC2. The molecule has 0 heterocycles. The summed E-state index contributed by atoms with van der Waals surface area (Å²) < 4.78 is 0. The van der Waals surface area contributed by atoms with Crippen molar-refractivity contribution in [2.24, 2.45) is 17.3 Å². The first-order valence-corrected chi connectivity index (χ1v) is 8.45. The molecule has 2 nitrogen and oxygen atoms in total. The van der Waals surface area contributed by atoms with Gasteiger partial charge in [-0.3, -0.25) is 0 Å². The van der Waals surface area contributed by atoms with Crippen molar-refractivity contribution in [3.8, 4) is 0 Å². The Morgan fingerprint density at radius 2 is 2.10 bits per heavy atom. The van der Waals surface area contributed by atoms with Crippen LogP contribution >= 0.6 is 0 Å². The van der Waals surface area contributed by atoms with Crippen molar-refractivity contribution in [1.82, 2.24) is 0 Å². The van der Waals surface area contributed by atoms with Gasteiger partial charge >= 0.3 is 5.97 Å². The number of hydrogen-bond donors (Lipinski definition) is 1. The molecule has 4 atom stereocenters. The molecule has 0 aromatic heterocycles. The zero-order valence-corrected chi connectivity index (χ0v) is 12.8. The number of carbonyl (C=O) groups is 1. The van der Waals surface area contributed by atoms with Gasteiger partial charge < -0.3 is 5.11 Å². The average molecular weight is 284 g/mol. The van der Waals surface area contributed by atoms with Crippen molar-refractivity contribution in [3.63, 3.8) is 0 Å². The molecule has 2 saturated carbocycles. The smallest absolute Gasteiger partial charge is 0.335 e. The van der Waals surface area contributed by atoms with Crippen LogP contribution < -0.4 is 0 Å². The first kappa shape index (κ1) is 13.4. The van der Waals surface area contributed by atoms with Crippen LogP contribution in [0.1, 0.15) is 72.9 Å². The summed E-state index contributed by atoms with van der Waals surface area (Å²) in [6, 6.07) is 5.86. The topological polar surface area (TPSA) is 37.3 Å². The van der Waals surface area contributed by atoms with E-state index in [-0.39, 0.29) is 0 Å². The molecule has 112 valence electrons. The fourth-order valence-electron chi connectivity index (χ4n) is 5.71. The number of carboxylic acids is 1. The van der Waals surface area contributed by atoms with Crippen LogP contribution in [0.4, 0.5) is 0 Å². The molecule has 3 aliphatic carbocycles. The maximum atomic E-state index is 11.2. The second-order valence-electron chi connectivity index (χ2n) is 7.72. The van der Waals surface area contributed by atoms with Crippen LogP contribution in [0.25, 0.3) is 0 Å². The van der Waals surface area contributed by atoms with Crippen LogP contribution in [0.3, 0.4) is 0 Å². The monoisotopic (exact) mass is 284 g/mol. The van der Waals surface area contributed by atoms with Gasteiger partial charge in [-0.1, -0.05) is 19.4 Å². The maximum Gasteiger partial charge on any atom is 0.335 e. The van der Waals surface area contributed by atoms with E-state index in [0.29, 0.717) is 16.9 Å². The molecule has 2 fully saturated rings. The second-order valence-corrected chi connectivity index (χ2v) is 7.72. The van der Waals surface area contributed by atoms with E-state index in [1.54, 1.807) is 0 Å². The highest BCUT2D eigenvalue weighted by Gasteiger charge is 2.50. The lowest BCUT2D eigenvalue weighted by molar-refractivity contribution is 0.0597. The first-order chi connectivity index (χ1) is 10.1. The van der Waals surface area contributed by atoms with Gasteiger partial charge in [0.2, 0.25) is 0 Å². The van der Waals surface area contributed by atoms with Gasteiger partial charge in [0.1, 0.15) is 0 Å². The van der Waals surface area contributed by atoms with E-state index >= 15 is 0 Å². The van der Waals surface area contributed by atoms with Crippen LogP contribution in [0.15, 0.2) is 18.2 Å². The molecule has 0 spiro atoms. The highest BCUT2D eigenvalue weighted by molar-refractivity contribution is 5.88. The van der Waals surface area contributed by atoms with E-state index in [9.17, 15) is 9.90 Å². The third-order valence-corrected chi connectivity index (χ3v) is 6.75. The van der Waals surface area contributed by atoms with Gasteiger partial charge in [-0.15, -0.1) is 0 Å². The van der Waals surface area contributed by atoms with Gasteiger partial charge in [-0.25, -0.2) is 4.79 Å². The number of fused-ring (bicyclic) bond motifs is 5. The molecule has 1 aromatic rings. The predicted octanol–water partition coefficient (Wildman–Crippen LogP) is 4.63. The van der Waals surface area contributed by atoms with Crippen molar-refractivity contribution >= 4 is 5.97 Å². The summed E-state index contributed by atoms with van der Waals surface area (Å²) in [5.74, 6) is 1.64. The molecular weight excluding hydrogens is 260 g/mol. The fourth-order valence-corrected chi connectivity index (χ4v) is 5.71. The minimum Gasteiger partial charge on any atom is -0.478 e. The Morgan fingerprint density at radius 3 is 2.90 bits per heavy atom. The van der Waals surface area contributed by atoms with Crippen molar-refractivity contribution in [2.45, 2.75) is 57.8 Å². The van der Waals surface area contributed by atoms with Gasteiger partial charge in [0.15, 0.2) is 0 Å². The van der Waals surface area contributed by atoms with Crippen LogP contribution in [0.2, 0.25) is 0 Å². The Kier molecular flexibility index (Phi) is 2.92. The number of benzene rings is 1. The standard InChI is InChI=1S/C19H24O2/c1-19-9-2-3-17(19)16-7-4-12-11-13(18(20)21)5-6-14(12)15(16)8-10-19/h5-6,11,15-17H,2-4,7-10H2,1H3,(H,20,21)/t15-,16-,17+,19+/m1/s1. The summed E-state index contributed by atoms with van der Waals surface area (Å²) in [7, 11) is 0. The van der Waals surface area contributed by atoms with Gasteiger partial charge in [0.25, 0.3) is 0 Å². The summed E-state index contributed by atoms with van der Waals surface area (Å²) in [4.78, 5) is 11.2. The van der Waals surface area contributed by atoms with E-state index in [1.807, 2.05) is 12.1 Å². The average Bonchev–Trinajstić information content (AvgIpc) is 2.88. The van der Waals surface area contributed by atoms with Crippen LogP contribution in [0, 0.1) is 17.3 Å². The van der Waals surface area contributed by atoms with E-state index in [1.165, 1.54) is 49.7 Å². The number of rotatable bonds is 1. The molecule has 0 unspecified atom stereocenters. The third kappa shape index (κ3) is 1.95.